The predicted octanol–water partition coefficient (Wildman–Crippen LogP) is 3.71. The lowest BCUT2D eigenvalue weighted by atomic mass is 10.1. The van der Waals surface area contributed by atoms with Crippen LogP contribution < -0.4 is 20.5 Å². The zero-order valence-electron chi connectivity index (χ0n) is 27.7. The van der Waals surface area contributed by atoms with Gasteiger partial charge in [0.05, 0.1) is 16.7 Å². The Morgan fingerprint density at radius 3 is 1.42 bits per heavy atom. The zero-order chi connectivity index (χ0) is 39.5. The number of carboxylic acids is 3. The lowest BCUT2D eigenvalue weighted by Crippen LogP contribution is -2.42. The summed E-state index contributed by atoms with van der Waals surface area (Å²) < 4.78 is 11.0. The van der Waals surface area contributed by atoms with Crippen molar-refractivity contribution in [3.05, 3.63) is 118 Å². The first-order valence-corrected chi connectivity index (χ1v) is 16.5. The molecule has 0 aliphatic heterocycles. The molecule has 0 heterocycles. The summed E-state index contributed by atoms with van der Waals surface area (Å²) in [5, 5.41) is 47.2. The van der Waals surface area contributed by atoms with E-state index in [2.05, 4.69) is 30.6 Å². The minimum atomic E-state index is -1.16. The lowest BCUT2D eigenvalue weighted by molar-refractivity contribution is -0.139. The standard InChI is InChI=1S/C18H17NO6S.C15H12O5.C3H7NO2S/c20-8-13-15(21)2-1-3-16(13)25-9-11-4-6-12(7-5-11)17(22)19-14(10-26)18(23)24;16-8-12-13(17)2-1-3-14(12)20-9-10-4-6-11(7-5-10)15(18)19;4-2(1-7)3(5)6/h1-8,14,21,26H,9-10H2,(H,19,22)(H,23,24);1-8,17H,9H2,(H,18,19);2,7H,1,4H2,(H,5,6)/t14-;;2-/m0.0/s1. The SMILES string of the molecule is N[C@@H](CS)C(=O)O.O=Cc1c(O)cccc1OCc1ccc(C(=O)N[C@@H](CS)C(=O)O)cc1.O=Cc1c(O)cccc1OCc1ccc(C(=O)O)cc1. The molecular formula is C36H36N2O13S2. The van der Waals surface area contributed by atoms with E-state index in [1.165, 1.54) is 36.4 Å². The van der Waals surface area contributed by atoms with E-state index in [1.807, 2.05) is 0 Å². The fraction of sp³-hybridized carbons (Fsp3) is 0.167. The largest absolute Gasteiger partial charge is 0.507 e. The van der Waals surface area contributed by atoms with E-state index < -0.39 is 35.9 Å². The van der Waals surface area contributed by atoms with Crippen LogP contribution in [-0.4, -0.2) is 85.5 Å². The molecule has 0 aliphatic carbocycles. The maximum Gasteiger partial charge on any atom is 0.335 e. The maximum absolute atomic E-state index is 12.0. The number of carbonyl (C=O) groups is 6. The van der Waals surface area contributed by atoms with Crippen LogP contribution >= 0.6 is 25.3 Å². The van der Waals surface area contributed by atoms with Crippen molar-refractivity contribution in [3.63, 3.8) is 0 Å². The fourth-order valence-electron chi connectivity index (χ4n) is 3.88. The molecule has 53 heavy (non-hydrogen) atoms. The highest BCUT2D eigenvalue weighted by Crippen LogP contribution is 2.27. The number of ether oxygens (including phenoxy) is 2. The number of phenols is 2. The van der Waals surface area contributed by atoms with Crippen molar-refractivity contribution in [2.45, 2.75) is 25.3 Å². The van der Waals surface area contributed by atoms with E-state index in [0.29, 0.717) is 18.1 Å². The third-order valence-electron chi connectivity index (χ3n) is 6.83. The number of benzene rings is 4. The summed E-state index contributed by atoms with van der Waals surface area (Å²) >= 11 is 7.54. The third kappa shape index (κ3) is 13.9. The quantitative estimate of drug-likeness (QED) is 0.0617. The van der Waals surface area contributed by atoms with Crippen LogP contribution in [0.25, 0.3) is 0 Å². The van der Waals surface area contributed by atoms with E-state index in [0.717, 1.165) is 11.1 Å². The summed E-state index contributed by atoms with van der Waals surface area (Å²) in [4.78, 5) is 65.3. The molecule has 0 radical (unpaired) electrons. The zero-order valence-corrected chi connectivity index (χ0v) is 29.5. The first-order chi connectivity index (χ1) is 25.3. The van der Waals surface area contributed by atoms with Crippen molar-refractivity contribution in [3.8, 4) is 23.0 Å². The van der Waals surface area contributed by atoms with Gasteiger partial charge in [-0.2, -0.15) is 25.3 Å². The van der Waals surface area contributed by atoms with Crippen LogP contribution in [0.15, 0.2) is 84.9 Å². The van der Waals surface area contributed by atoms with E-state index in [4.69, 9.17) is 30.5 Å². The van der Waals surface area contributed by atoms with Gasteiger partial charge in [0, 0.05) is 17.1 Å². The number of amides is 1. The number of carboxylic acid groups (broad SMARTS) is 3. The molecule has 0 saturated heterocycles. The normalized spacial score (nSPS) is 11.2. The molecule has 0 aliphatic rings. The van der Waals surface area contributed by atoms with Crippen LogP contribution in [0.4, 0.5) is 0 Å². The van der Waals surface area contributed by atoms with Gasteiger partial charge in [0.15, 0.2) is 12.6 Å². The topological polar surface area (TPSA) is 260 Å². The average molecular weight is 769 g/mol. The van der Waals surface area contributed by atoms with Gasteiger partial charge in [0.2, 0.25) is 0 Å². The van der Waals surface area contributed by atoms with Gasteiger partial charge >= 0.3 is 17.9 Å². The number of rotatable bonds is 15. The molecule has 2 atom stereocenters. The Hall–Kier alpha value is -6.04. The number of carbonyl (C=O) groups excluding carboxylic acids is 3. The van der Waals surface area contributed by atoms with Gasteiger partial charge in [-0.05, 0) is 59.7 Å². The van der Waals surface area contributed by atoms with Gasteiger partial charge in [0.1, 0.15) is 48.3 Å². The van der Waals surface area contributed by atoms with Crippen LogP contribution in [-0.2, 0) is 22.8 Å². The Morgan fingerprint density at radius 1 is 0.660 bits per heavy atom. The monoisotopic (exact) mass is 768 g/mol. The highest BCUT2D eigenvalue weighted by molar-refractivity contribution is 7.80. The first kappa shape index (κ1) is 43.1. The minimum absolute atomic E-state index is 0.0179. The highest BCUT2D eigenvalue weighted by atomic mass is 32.1. The molecule has 8 N–H and O–H groups in total. The molecule has 17 heteroatoms. The number of nitrogens with two attached hydrogens (primary N) is 1. The molecule has 1 amide bonds. The molecule has 0 fully saturated rings. The minimum Gasteiger partial charge on any atom is -0.507 e. The second-order valence-corrected chi connectivity index (χ2v) is 11.3. The lowest BCUT2D eigenvalue weighted by Gasteiger charge is -2.12. The molecule has 0 unspecified atom stereocenters. The summed E-state index contributed by atoms with van der Waals surface area (Å²) in [7, 11) is 0. The Kier molecular flexibility index (Phi) is 17.9. The molecule has 0 saturated carbocycles. The smallest absolute Gasteiger partial charge is 0.335 e. The Labute approximate surface area is 313 Å². The Bertz CT molecular complexity index is 1870. The van der Waals surface area contributed by atoms with Gasteiger partial charge in [-0.25, -0.2) is 9.59 Å². The number of aromatic hydroxyl groups is 2. The van der Waals surface area contributed by atoms with Gasteiger partial charge in [0.25, 0.3) is 5.91 Å². The van der Waals surface area contributed by atoms with E-state index >= 15 is 0 Å². The van der Waals surface area contributed by atoms with E-state index in [1.54, 1.807) is 48.5 Å². The Balaban J connectivity index is 0.000000318. The van der Waals surface area contributed by atoms with Crippen molar-refractivity contribution in [1.82, 2.24) is 5.32 Å². The summed E-state index contributed by atoms with van der Waals surface area (Å²) in [6.45, 7) is 0.296. The van der Waals surface area contributed by atoms with Gasteiger partial charge < -0.3 is 46.1 Å². The van der Waals surface area contributed by atoms with Crippen LogP contribution in [0.5, 0.6) is 23.0 Å². The van der Waals surface area contributed by atoms with Gasteiger partial charge in [-0.1, -0.05) is 36.4 Å². The van der Waals surface area contributed by atoms with Crippen molar-refractivity contribution >= 4 is 61.6 Å². The van der Waals surface area contributed by atoms with Crippen LogP contribution in [0.3, 0.4) is 0 Å². The van der Waals surface area contributed by atoms with Crippen molar-refractivity contribution < 1.29 is 63.8 Å². The summed E-state index contributed by atoms with van der Waals surface area (Å²) in [6.07, 6.45) is 1.04. The number of aldehydes is 2. The molecular weight excluding hydrogens is 733 g/mol. The third-order valence-corrected chi connectivity index (χ3v) is 7.59. The number of hydrogen-bond donors (Lipinski definition) is 9. The van der Waals surface area contributed by atoms with Gasteiger partial charge in [-0.3, -0.25) is 19.2 Å². The molecule has 4 aromatic rings. The maximum atomic E-state index is 12.0. The fourth-order valence-corrected chi connectivity index (χ4v) is 4.28. The van der Waals surface area contributed by atoms with Crippen LogP contribution in [0.2, 0.25) is 0 Å². The van der Waals surface area contributed by atoms with E-state index in [-0.39, 0.29) is 64.4 Å². The van der Waals surface area contributed by atoms with Crippen molar-refractivity contribution in [2.75, 3.05) is 11.5 Å². The molecule has 0 aromatic heterocycles. The molecule has 280 valence electrons. The molecule has 0 bridgehead atoms. The average Bonchev–Trinajstić information content (AvgIpc) is 3.15. The number of nitrogens with one attached hydrogen (secondary N) is 1. The molecule has 4 aromatic carbocycles. The second kappa shape index (κ2) is 22.0. The van der Waals surface area contributed by atoms with Crippen molar-refractivity contribution in [2.24, 2.45) is 5.73 Å². The van der Waals surface area contributed by atoms with E-state index in [9.17, 15) is 39.0 Å². The first-order valence-electron chi connectivity index (χ1n) is 15.2. The van der Waals surface area contributed by atoms with Gasteiger partial charge in [-0.15, -0.1) is 0 Å². The number of aromatic carboxylic acids is 1. The van der Waals surface area contributed by atoms with Crippen molar-refractivity contribution in [1.29, 1.82) is 0 Å². The predicted molar refractivity (Wildman–Crippen MR) is 198 cm³/mol. The number of aliphatic carboxylic acids is 2. The van der Waals surface area contributed by atoms with Crippen LogP contribution in [0.1, 0.15) is 52.6 Å². The highest BCUT2D eigenvalue weighted by Gasteiger charge is 2.19. The summed E-state index contributed by atoms with van der Waals surface area (Å²) in [6, 6.07) is 19.8. The summed E-state index contributed by atoms with van der Waals surface area (Å²) in [5.41, 5.74) is 7.08. The molecule has 0 spiro atoms. The molecule has 15 nitrogen and oxygen atoms in total. The Morgan fingerprint density at radius 2 is 1.09 bits per heavy atom. The summed E-state index contributed by atoms with van der Waals surface area (Å²) in [5.74, 6) is -3.28. The number of thiol groups is 2. The van der Waals surface area contributed by atoms with Crippen LogP contribution in [0, 0.1) is 0 Å². The molecule has 4 rings (SSSR count). The number of hydrogen-bond acceptors (Lipinski definition) is 13. The second-order valence-electron chi connectivity index (χ2n) is 10.6. The number of phenolic OH excluding ortho intramolecular Hbond substituents is 2.